The van der Waals surface area contributed by atoms with E-state index < -0.39 is 0 Å². The molecule has 1 unspecified atom stereocenters. The maximum absolute atomic E-state index is 13.0. The number of rotatable bonds is 4. The molecule has 1 aliphatic rings. The van der Waals surface area contributed by atoms with Crippen LogP contribution in [0.3, 0.4) is 0 Å². The van der Waals surface area contributed by atoms with Crippen LogP contribution in [0.25, 0.3) is 0 Å². The van der Waals surface area contributed by atoms with Crippen molar-refractivity contribution in [1.82, 2.24) is 9.97 Å². The molecule has 1 N–H and O–H groups in total. The van der Waals surface area contributed by atoms with Crippen LogP contribution in [0.2, 0.25) is 0 Å². The molecule has 2 aromatic carbocycles. The predicted octanol–water partition coefficient (Wildman–Crippen LogP) is 3.88. The van der Waals surface area contributed by atoms with Crippen LogP contribution in [-0.2, 0) is 6.42 Å². The molecule has 0 aliphatic carbocycles. The van der Waals surface area contributed by atoms with Gasteiger partial charge in [0.25, 0.3) is 5.91 Å². The number of benzene rings is 2. The Kier molecular flexibility index (Phi) is 4.69. The number of carbonyl (C=O) groups is 1. The highest BCUT2D eigenvalue weighted by molar-refractivity contribution is 6.06. The van der Waals surface area contributed by atoms with Crippen molar-refractivity contribution in [2.45, 2.75) is 19.4 Å². The standard InChI is InChI=1S/C22H23N5O/c1-15-12-16-6-4-5-7-20(16)27(15)22(28)19-13-24-21(14-23-19)25-17-8-10-18(11-9-17)26(2)3/h4-11,13-15H,12H2,1-3H3,(H,24,25). The third-order valence-electron chi connectivity index (χ3n) is 4.95. The Morgan fingerprint density at radius 2 is 1.82 bits per heavy atom. The lowest BCUT2D eigenvalue weighted by Crippen LogP contribution is -2.36. The second kappa shape index (κ2) is 7.31. The quantitative estimate of drug-likeness (QED) is 0.752. The Morgan fingerprint density at radius 1 is 1.07 bits per heavy atom. The Hall–Kier alpha value is -3.41. The van der Waals surface area contributed by atoms with Crippen molar-refractivity contribution in [1.29, 1.82) is 0 Å². The van der Waals surface area contributed by atoms with E-state index in [0.717, 1.165) is 23.5 Å². The fourth-order valence-electron chi connectivity index (χ4n) is 3.49. The first-order valence-electron chi connectivity index (χ1n) is 9.31. The maximum atomic E-state index is 13.0. The Labute approximate surface area is 164 Å². The molecular weight excluding hydrogens is 350 g/mol. The highest BCUT2D eigenvalue weighted by Crippen LogP contribution is 2.32. The zero-order valence-electron chi connectivity index (χ0n) is 16.3. The third-order valence-corrected chi connectivity index (χ3v) is 4.95. The van der Waals surface area contributed by atoms with E-state index >= 15 is 0 Å². The van der Waals surface area contributed by atoms with Crippen molar-refractivity contribution in [3.8, 4) is 0 Å². The number of aromatic nitrogens is 2. The minimum atomic E-state index is -0.119. The van der Waals surface area contributed by atoms with Crippen LogP contribution >= 0.6 is 0 Å². The van der Waals surface area contributed by atoms with Crippen molar-refractivity contribution in [2.75, 3.05) is 29.2 Å². The van der Waals surface area contributed by atoms with Gasteiger partial charge in [-0.05, 0) is 49.2 Å². The van der Waals surface area contributed by atoms with E-state index in [9.17, 15) is 4.79 Å². The van der Waals surface area contributed by atoms with Gasteiger partial charge in [0.05, 0.1) is 12.4 Å². The molecule has 1 amide bonds. The lowest BCUT2D eigenvalue weighted by Gasteiger charge is -2.22. The smallest absolute Gasteiger partial charge is 0.278 e. The van der Waals surface area contributed by atoms with Gasteiger partial charge in [0.2, 0.25) is 0 Å². The minimum Gasteiger partial charge on any atom is -0.378 e. The Morgan fingerprint density at radius 3 is 2.50 bits per heavy atom. The minimum absolute atomic E-state index is 0.111. The molecule has 1 aromatic heterocycles. The van der Waals surface area contributed by atoms with Gasteiger partial charge in [-0.25, -0.2) is 9.97 Å². The second-order valence-corrected chi connectivity index (χ2v) is 7.21. The topological polar surface area (TPSA) is 61.4 Å². The maximum Gasteiger partial charge on any atom is 0.278 e. The molecule has 4 rings (SSSR count). The second-order valence-electron chi connectivity index (χ2n) is 7.21. The van der Waals surface area contributed by atoms with Gasteiger partial charge < -0.3 is 15.1 Å². The molecular formula is C22H23N5O. The van der Waals surface area contributed by atoms with Crippen molar-refractivity contribution < 1.29 is 4.79 Å². The van der Waals surface area contributed by atoms with Gasteiger partial charge in [-0.1, -0.05) is 18.2 Å². The summed E-state index contributed by atoms with van der Waals surface area (Å²) in [5.74, 6) is 0.482. The lowest BCUT2D eigenvalue weighted by atomic mass is 10.1. The van der Waals surface area contributed by atoms with Gasteiger partial charge in [-0.3, -0.25) is 4.79 Å². The largest absolute Gasteiger partial charge is 0.378 e. The lowest BCUT2D eigenvalue weighted by molar-refractivity contribution is 0.0976. The molecule has 2 heterocycles. The number of amides is 1. The SMILES string of the molecule is CC1Cc2ccccc2N1C(=O)c1cnc(Nc2ccc(N(C)C)cc2)cn1. The van der Waals surface area contributed by atoms with Crippen LogP contribution in [0.5, 0.6) is 0 Å². The molecule has 6 heteroatoms. The number of nitrogens with zero attached hydrogens (tertiary/aromatic N) is 4. The van der Waals surface area contributed by atoms with Gasteiger partial charge in [-0.2, -0.15) is 0 Å². The third kappa shape index (κ3) is 3.41. The summed E-state index contributed by atoms with van der Waals surface area (Å²) in [5, 5.41) is 3.21. The van der Waals surface area contributed by atoms with E-state index in [1.807, 2.05) is 66.4 Å². The van der Waals surface area contributed by atoms with E-state index in [4.69, 9.17) is 0 Å². The van der Waals surface area contributed by atoms with Gasteiger partial charge in [0.15, 0.2) is 0 Å². The van der Waals surface area contributed by atoms with Crippen molar-refractivity contribution in [3.63, 3.8) is 0 Å². The zero-order chi connectivity index (χ0) is 19.7. The first kappa shape index (κ1) is 18.0. The average molecular weight is 373 g/mol. The molecule has 0 spiro atoms. The number of carbonyl (C=O) groups excluding carboxylic acids is 1. The molecule has 0 fully saturated rings. The van der Waals surface area contributed by atoms with Crippen LogP contribution in [-0.4, -0.2) is 36.0 Å². The summed E-state index contributed by atoms with van der Waals surface area (Å²) in [6, 6.07) is 16.1. The van der Waals surface area contributed by atoms with Crippen LogP contribution in [0.1, 0.15) is 23.0 Å². The fourth-order valence-corrected chi connectivity index (χ4v) is 3.49. The van der Waals surface area contributed by atoms with Crippen LogP contribution < -0.4 is 15.1 Å². The molecule has 142 valence electrons. The van der Waals surface area contributed by atoms with Crippen LogP contribution in [0.15, 0.2) is 60.9 Å². The molecule has 3 aromatic rings. The first-order valence-corrected chi connectivity index (χ1v) is 9.31. The molecule has 0 radical (unpaired) electrons. The van der Waals surface area contributed by atoms with E-state index in [0.29, 0.717) is 11.5 Å². The van der Waals surface area contributed by atoms with Crippen molar-refractivity contribution in [2.24, 2.45) is 0 Å². The number of fused-ring (bicyclic) bond motifs is 1. The molecule has 0 bridgehead atoms. The van der Waals surface area contributed by atoms with Gasteiger partial charge >= 0.3 is 0 Å². The summed E-state index contributed by atoms with van der Waals surface area (Å²) in [7, 11) is 4.01. The molecule has 1 atom stereocenters. The van der Waals surface area contributed by atoms with Crippen LogP contribution in [0.4, 0.5) is 22.9 Å². The molecule has 28 heavy (non-hydrogen) atoms. The van der Waals surface area contributed by atoms with E-state index in [2.05, 4.69) is 28.3 Å². The monoisotopic (exact) mass is 373 g/mol. The number of hydrogen-bond acceptors (Lipinski definition) is 5. The summed E-state index contributed by atoms with van der Waals surface area (Å²) in [4.78, 5) is 25.6. The Balaban J connectivity index is 1.49. The van der Waals surface area contributed by atoms with Crippen molar-refractivity contribution in [3.05, 3.63) is 72.2 Å². The highest BCUT2D eigenvalue weighted by Gasteiger charge is 2.31. The molecule has 6 nitrogen and oxygen atoms in total. The predicted molar refractivity (Wildman–Crippen MR) is 113 cm³/mol. The number of hydrogen-bond donors (Lipinski definition) is 1. The summed E-state index contributed by atoms with van der Waals surface area (Å²) in [6.07, 6.45) is 3.99. The first-order chi connectivity index (χ1) is 13.5. The summed E-state index contributed by atoms with van der Waals surface area (Å²) in [6.45, 7) is 2.05. The van der Waals surface area contributed by atoms with Gasteiger partial charge in [0.1, 0.15) is 11.5 Å². The zero-order valence-corrected chi connectivity index (χ0v) is 16.3. The summed E-state index contributed by atoms with van der Waals surface area (Å²) in [5.41, 5.74) is 4.54. The van der Waals surface area contributed by atoms with E-state index in [1.165, 1.54) is 11.8 Å². The molecule has 0 saturated heterocycles. The number of nitrogens with one attached hydrogen (secondary N) is 1. The molecule has 0 saturated carbocycles. The Bertz CT molecular complexity index is 983. The van der Waals surface area contributed by atoms with Crippen LogP contribution in [0, 0.1) is 0 Å². The van der Waals surface area contributed by atoms with Gasteiger partial charge in [-0.15, -0.1) is 0 Å². The normalized spacial score (nSPS) is 15.2. The summed E-state index contributed by atoms with van der Waals surface area (Å²) >= 11 is 0. The number of para-hydroxylation sites is 1. The van der Waals surface area contributed by atoms with Crippen molar-refractivity contribution >= 4 is 28.8 Å². The van der Waals surface area contributed by atoms with Gasteiger partial charge in [0, 0.05) is 37.2 Å². The molecule has 1 aliphatic heterocycles. The number of anilines is 4. The van der Waals surface area contributed by atoms with E-state index in [1.54, 1.807) is 6.20 Å². The van der Waals surface area contributed by atoms with E-state index in [-0.39, 0.29) is 11.9 Å². The fraction of sp³-hybridized carbons (Fsp3) is 0.227. The highest BCUT2D eigenvalue weighted by atomic mass is 16.2. The average Bonchev–Trinajstić information content (AvgIpc) is 3.04. The summed E-state index contributed by atoms with van der Waals surface area (Å²) < 4.78 is 0.